The second-order valence-electron chi connectivity index (χ2n) is 3.87. The molecule has 2 nitrogen and oxygen atoms in total. The van der Waals surface area contributed by atoms with Gasteiger partial charge < -0.3 is 4.90 Å². The number of alkyl halides is 1. The molecule has 76 valence electrons. The Labute approximate surface area is 93.5 Å². The van der Waals surface area contributed by atoms with Crippen molar-refractivity contribution in [3.8, 4) is 0 Å². The smallest absolute Gasteiger partial charge is 0.128 e. The summed E-state index contributed by atoms with van der Waals surface area (Å²) in [5.74, 6) is 1.87. The van der Waals surface area contributed by atoms with Crippen LogP contribution < -0.4 is 4.90 Å². The highest BCUT2D eigenvalue weighted by atomic mass is 79.9. The van der Waals surface area contributed by atoms with Crippen molar-refractivity contribution in [3.05, 3.63) is 24.4 Å². The maximum absolute atomic E-state index is 4.40. The molecule has 2 atom stereocenters. The predicted octanol–water partition coefficient (Wildman–Crippen LogP) is 2.69. The molecular formula is C11H15BrN2. The molecule has 1 saturated heterocycles. The highest BCUT2D eigenvalue weighted by molar-refractivity contribution is 9.09. The van der Waals surface area contributed by atoms with Gasteiger partial charge >= 0.3 is 0 Å². The van der Waals surface area contributed by atoms with Crippen molar-refractivity contribution < 1.29 is 0 Å². The molecule has 0 aromatic carbocycles. The summed E-state index contributed by atoms with van der Waals surface area (Å²) < 4.78 is 0. The highest BCUT2D eigenvalue weighted by Gasteiger charge is 2.30. The molecule has 0 saturated carbocycles. The van der Waals surface area contributed by atoms with Crippen molar-refractivity contribution >= 4 is 21.7 Å². The molecular weight excluding hydrogens is 240 g/mol. The van der Waals surface area contributed by atoms with Gasteiger partial charge in [-0.3, -0.25) is 0 Å². The van der Waals surface area contributed by atoms with Gasteiger partial charge in [0.2, 0.25) is 0 Å². The van der Waals surface area contributed by atoms with E-state index < -0.39 is 0 Å². The van der Waals surface area contributed by atoms with E-state index in [1.54, 1.807) is 0 Å². The summed E-state index contributed by atoms with van der Waals surface area (Å²) >= 11 is 3.58. The molecule has 2 rings (SSSR count). The Morgan fingerprint density at radius 1 is 1.57 bits per heavy atom. The standard InChI is InChI=1S/C11H15BrN2/c1-9-5-7-14(10(9)8-12)11-4-2-3-6-13-11/h2-4,6,9-10H,5,7-8H2,1H3. The van der Waals surface area contributed by atoms with Crippen LogP contribution in [0, 0.1) is 5.92 Å². The minimum absolute atomic E-state index is 0.602. The molecule has 3 heteroatoms. The predicted molar refractivity (Wildman–Crippen MR) is 62.9 cm³/mol. The van der Waals surface area contributed by atoms with Crippen LogP contribution >= 0.6 is 15.9 Å². The normalized spacial score (nSPS) is 26.9. The number of hydrogen-bond donors (Lipinski definition) is 0. The third-order valence-electron chi connectivity index (χ3n) is 2.98. The Morgan fingerprint density at radius 3 is 3.07 bits per heavy atom. The number of rotatable bonds is 2. The van der Waals surface area contributed by atoms with Crippen molar-refractivity contribution in [1.82, 2.24) is 4.98 Å². The summed E-state index contributed by atoms with van der Waals surface area (Å²) in [6, 6.07) is 6.71. The van der Waals surface area contributed by atoms with Gasteiger partial charge in [0.1, 0.15) is 5.82 Å². The van der Waals surface area contributed by atoms with E-state index in [2.05, 4.69) is 44.9 Å². The Morgan fingerprint density at radius 2 is 2.43 bits per heavy atom. The summed E-state index contributed by atoms with van der Waals surface area (Å²) in [5.41, 5.74) is 0. The van der Waals surface area contributed by atoms with Crippen LogP contribution in [-0.4, -0.2) is 22.9 Å². The van der Waals surface area contributed by atoms with Crippen LogP contribution in [0.15, 0.2) is 24.4 Å². The molecule has 2 unspecified atom stereocenters. The number of nitrogens with zero attached hydrogens (tertiary/aromatic N) is 2. The molecule has 1 aromatic rings. The molecule has 0 spiro atoms. The lowest BCUT2D eigenvalue weighted by Gasteiger charge is -2.26. The van der Waals surface area contributed by atoms with E-state index in [1.165, 1.54) is 6.42 Å². The molecule has 0 radical (unpaired) electrons. The Balaban J connectivity index is 2.19. The second kappa shape index (κ2) is 4.30. The topological polar surface area (TPSA) is 16.1 Å². The summed E-state index contributed by atoms with van der Waals surface area (Å²) in [6.45, 7) is 3.45. The van der Waals surface area contributed by atoms with E-state index in [-0.39, 0.29) is 0 Å². The van der Waals surface area contributed by atoms with Crippen LogP contribution in [0.25, 0.3) is 0 Å². The van der Waals surface area contributed by atoms with Crippen LogP contribution in [0.2, 0.25) is 0 Å². The SMILES string of the molecule is CC1CCN(c2ccccn2)C1CBr. The lowest BCUT2D eigenvalue weighted by atomic mass is 10.1. The first-order valence-corrected chi connectivity index (χ1v) is 6.18. The van der Waals surface area contributed by atoms with Crippen LogP contribution in [0.1, 0.15) is 13.3 Å². The lowest BCUT2D eigenvalue weighted by Crippen LogP contribution is -2.33. The molecule has 0 amide bonds. The van der Waals surface area contributed by atoms with Crippen molar-refractivity contribution in [1.29, 1.82) is 0 Å². The summed E-state index contributed by atoms with van der Waals surface area (Å²) in [7, 11) is 0. The van der Waals surface area contributed by atoms with Gasteiger partial charge in [-0.1, -0.05) is 28.9 Å². The van der Waals surface area contributed by atoms with Gasteiger partial charge in [0.05, 0.1) is 0 Å². The van der Waals surface area contributed by atoms with Crippen molar-refractivity contribution in [2.75, 3.05) is 16.8 Å². The number of anilines is 1. The quantitative estimate of drug-likeness (QED) is 0.755. The van der Waals surface area contributed by atoms with Gasteiger partial charge in [-0.15, -0.1) is 0 Å². The fourth-order valence-electron chi connectivity index (χ4n) is 2.05. The first-order chi connectivity index (χ1) is 6.83. The fourth-order valence-corrected chi connectivity index (χ4v) is 3.04. The van der Waals surface area contributed by atoms with Crippen molar-refractivity contribution in [2.45, 2.75) is 19.4 Å². The molecule has 0 bridgehead atoms. The third-order valence-corrected chi connectivity index (χ3v) is 3.65. The number of hydrogen-bond acceptors (Lipinski definition) is 2. The van der Waals surface area contributed by atoms with Crippen LogP contribution in [0.3, 0.4) is 0 Å². The van der Waals surface area contributed by atoms with Gasteiger partial charge in [-0.2, -0.15) is 0 Å². The third kappa shape index (κ3) is 1.78. The van der Waals surface area contributed by atoms with E-state index >= 15 is 0 Å². The molecule has 2 heterocycles. The summed E-state index contributed by atoms with van der Waals surface area (Å²) in [5, 5.41) is 1.03. The zero-order valence-electron chi connectivity index (χ0n) is 8.36. The Bertz CT molecular complexity index is 289. The van der Waals surface area contributed by atoms with Gasteiger partial charge in [-0.25, -0.2) is 4.98 Å². The molecule has 1 fully saturated rings. The number of halogens is 1. The zero-order valence-corrected chi connectivity index (χ0v) is 9.94. The van der Waals surface area contributed by atoms with Crippen molar-refractivity contribution in [2.24, 2.45) is 5.92 Å². The van der Waals surface area contributed by atoms with E-state index in [0.717, 1.165) is 23.6 Å². The minimum Gasteiger partial charge on any atom is -0.353 e. The first kappa shape index (κ1) is 9.97. The van der Waals surface area contributed by atoms with E-state index in [1.807, 2.05) is 12.3 Å². The second-order valence-corrected chi connectivity index (χ2v) is 4.52. The molecule has 1 aromatic heterocycles. The molecule has 1 aliphatic heterocycles. The average Bonchev–Trinajstić information content (AvgIpc) is 2.61. The highest BCUT2D eigenvalue weighted by Crippen LogP contribution is 2.28. The lowest BCUT2D eigenvalue weighted by molar-refractivity contribution is 0.553. The van der Waals surface area contributed by atoms with E-state index in [4.69, 9.17) is 0 Å². The monoisotopic (exact) mass is 254 g/mol. The molecule has 1 aliphatic rings. The van der Waals surface area contributed by atoms with Crippen LogP contribution in [0.5, 0.6) is 0 Å². The first-order valence-electron chi connectivity index (χ1n) is 5.06. The van der Waals surface area contributed by atoms with Crippen LogP contribution in [0.4, 0.5) is 5.82 Å². The Hall–Kier alpha value is -0.570. The minimum atomic E-state index is 0.602. The van der Waals surface area contributed by atoms with E-state index in [0.29, 0.717) is 6.04 Å². The number of pyridine rings is 1. The maximum Gasteiger partial charge on any atom is 0.128 e. The maximum atomic E-state index is 4.40. The molecule has 0 N–H and O–H groups in total. The van der Waals surface area contributed by atoms with Crippen molar-refractivity contribution in [3.63, 3.8) is 0 Å². The van der Waals surface area contributed by atoms with Crippen LogP contribution in [-0.2, 0) is 0 Å². The Kier molecular flexibility index (Phi) is 3.06. The summed E-state index contributed by atoms with van der Waals surface area (Å²) in [6.07, 6.45) is 3.14. The van der Waals surface area contributed by atoms with E-state index in [9.17, 15) is 0 Å². The summed E-state index contributed by atoms with van der Waals surface area (Å²) in [4.78, 5) is 6.80. The van der Waals surface area contributed by atoms with Gasteiger partial charge in [0, 0.05) is 24.1 Å². The van der Waals surface area contributed by atoms with Gasteiger partial charge in [-0.05, 0) is 24.5 Å². The van der Waals surface area contributed by atoms with Gasteiger partial charge in [0.25, 0.3) is 0 Å². The molecule has 14 heavy (non-hydrogen) atoms. The number of aromatic nitrogens is 1. The fraction of sp³-hybridized carbons (Fsp3) is 0.545. The largest absolute Gasteiger partial charge is 0.353 e. The zero-order chi connectivity index (χ0) is 9.97. The van der Waals surface area contributed by atoms with Gasteiger partial charge in [0.15, 0.2) is 0 Å². The average molecular weight is 255 g/mol. The molecule has 0 aliphatic carbocycles.